The molecule has 4 nitrogen and oxygen atoms in total. The fourth-order valence-corrected chi connectivity index (χ4v) is 1.91. The van der Waals surface area contributed by atoms with Gasteiger partial charge in [0.1, 0.15) is 5.75 Å². The lowest BCUT2D eigenvalue weighted by atomic mass is 10.0. The molecule has 0 radical (unpaired) electrons. The van der Waals surface area contributed by atoms with Gasteiger partial charge in [0.05, 0.1) is 11.8 Å². The van der Waals surface area contributed by atoms with Crippen LogP contribution in [0.2, 0.25) is 0 Å². The number of unbranched alkanes of at least 4 members (excludes halogenated alkanes) is 1. The van der Waals surface area contributed by atoms with Crippen LogP contribution in [-0.4, -0.2) is 22.0 Å². The maximum absolute atomic E-state index is 12.0. The highest BCUT2D eigenvalue weighted by Crippen LogP contribution is 2.11. The molecule has 0 aliphatic rings. The van der Waals surface area contributed by atoms with E-state index < -0.39 is 0 Å². The van der Waals surface area contributed by atoms with Crippen molar-refractivity contribution in [2.24, 2.45) is 0 Å². The summed E-state index contributed by atoms with van der Waals surface area (Å²) >= 11 is 0. The van der Waals surface area contributed by atoms with E-state index in [9.17, 15) is 9.90 Å². The van der Waals surface area contributed by atoms with Crippen LogP contribution < -0.4 is 5.32 Å². The highest BCUT2D eigenvalue weighted by atomic mass is 16.3. The SMILES string of the molecule is CCCCC(CCC)NC(=O)c1cncc(O)c1. The summed E-state index contributed by atoms with van der Waals surface area (Å²) in [5.74, 6) is -0.142. The third kappa shape index (κ3) is 4.73. The van der Waals surface area contributed by atoms with Gasteiger partial charge in [0.25, 0.3) is 5.91 Å². The molecule has 1 amide bonds. The zero-order valence-electron chi connectivity index (χ0n) is 11.1. The van der Waals surface area contributed by atoms with Crippen LogP contribution in [0.3, 0.4) is 0 Å². The third-order valence-electron chi connectivity index (χ3n) is 2.86. The molecule has 0 aliphatic heterocycles. The van der Waals surface area contributed by atoms with E-state index in [4.69, 9.17) is 0 Å². The van der Waals surface area contributed by atoms with Gasteiger partial charge >= 0.3 is 0 Å². The molecule has 0 fully saturated rings. The normalized spacial score (nSPS) is 12.1. The maximum atomic E-state index is 12.0. The highest BCUT2D eigenvalue weighted by Gasteiger charge is 2.13. The Hall–Kier alpha value is -1.58. The zero-order valence-corrected chi connectivity index (χ0v) is 11.1. The first kappa shape index (κ1) is 14.5. The smallest absolute Gasteiger partial charge is 0.253 e. The van der Waals surface area contributed by atoms with Crippen LogP contribution in [-0.2, 0) is 0 Å². The average molecular weight is 250 g/mol. The summed E-state index contributed by atoms with van der Waals surface area (Å²) in [6, 6.07) is 1.65. The predicted molar refractivity (Wildman–Crippen MR) is 71.6 cm³/mol. The number of hydrogen-bond acceptors (Lipinski definition) is 3. The van der Waals surface area contributed by atoms with Gasteiger partial charge in [0.15, 0.2) is 0 Å². The molecule has 1 aromatic heterocycles. The van der Waals surface area contributed by atoms with Gasteiger partial charge in [-0.05, 0) is 18.9 Å². The lowest BCUT2D eigenvalue weighted by Gasteiger charge is -2.17. The first-order valence-corrected chi connectivity index (χ1v) is 6.62. The number of pyridine rings is 1. The van der Waals surface area contributed by atoms with Gasteiger partial charge < -0.3 is 10.4 Å². The van der Waals surface area contributed by atoms with E-state index in [1.54, 1.807) is 0 Å². The van der Waals surface area contributed by atoms with Crippen LogP contribution in [0, 0.1) is 0 Å². The van der Waals surface area contributed by atoms with Crippen molar-refractivity contribution in [2.75, 3.05) is 0 Å². The Bertz CT molecular complexity index is 380. The molecule has 0 aromatic carbocycles. The Kier molecular flexibility index (Phi) is 6.19. The van der Waals surface area contributed by atoms with Gasteiger partial charge in [-0.25, -0.2) is 0 Å². The van der Waals surface area contributed by atoms with Gasteiger partial charge in [0, 0.05) is 12.2 Å². The van der Waals surface area contributed by atoms with Gasteiger partial charge in [-0.1, -0.05) is 33.1 Å². The molecule has 1 atom stereocenters. The van der Waals surface area contributed by atoms with Crippen molar-refractivity contribution in [1.82, 2.24) is 10.3 Å². The molecule has 1 rings (SSSR count). The molecular weight excluding hydrogens is 228 g/mol. The zero-order chi connectivity index (χ0) is 13.4. The van der Waals surface area contributed by atoms with Gasteiger partial charge in [-0.3, -0.25) is 9.78 Å². The molecule has 4 heteroatoms. The Morgan fingerprint density at radius 1 is 1.33 bits per heavy atom. The number of aromatic hydroxyl groups is 1. The molecule has 18 heavy (non-hydrogen) atoms. The fourth-order valence-electron chi connectivity index (χ4n) is 1.91. The molecule has 0 saturated carbocycles. The summed E-state index contributed by atoms with van der Waals surface area (Å²) in [6.45, 7) is 4.25. The average Bonchev–Trinajstić information content (AvgIpc) is 2.36. The standard InChI is InChI=1S/C14H22N2O2/c1-3-5-7-12(6-4-2)16-14(18)11-8-13(17)10-15-9-11/h8-10,12,17H,3-7H2,1-2H3,(H,16,18). The first-order valence-electron chi connectivity index (χ1n) is 6.62. The Morgan fingerprint density at radius 2 is 2.11 bits per heavy atom. The Balaban J connectivity index is 2.59. The van der Waals surface area contributed by atoms with Crippen molar-refractivity contribution in [1.29, 1.82) is 0 Å². The van der Waals surface area contributed by atoms with Crippen LogP contribution in [0.5, 0.6) is 5.75 Å². The van der Waals surface area contributed by atoms with Crippen molar-refractivity contribution in [2.45, 2.75) is 52.0 Å². The topological polar surface area (TPSA) is 62.2 Å². The van der Waals surface area contributed by atoms with E-state index in [0.29, 0.717) is 5.56 Å². The molecule has 1 heterocycles. The molecule has 0 spiro atoms. The molecule has 1 aromatic rings. The van der Waals surface area contributed by atoms with E-state index in [2.05, 4.69) is 24.1 Å². The summed E-state index contributed by atoms with van der Waals surface area (Å²) in [6.07, 6.45) is 8.07. The minimum absolute atomic E-state index is 0.0169. The monoisotopic (exact) mass is 250 g/mol. The van der Waals surface area contributed by atoms with Crippen LogP contribution in [0.15, 0.2) is 18.5 Å². The molecular formula is C14H22N2O2. The van der Waals surface area contributed by atoms with Crippen LogP contribution in [0.4, 0.5) is 0 Å². The summed E-state index contributed by atoms with van der Waals surface area (Å²) in [4.78, 5) is 15.8. The number of nitrogens with one attached hydrogen (secondary N) is 1. The van der Waals surface area contributed by atoms with Crippen LogP contribution in [0.1, 0.15) is 56.3 Å². The van der Waals surface area contributed by atoms with E-state index in [1.165, 1.54) is 18.5 Å². The number of carbonyl (C=O) groups is 1. The number of amides is 1. The van der Waals surface area contributed by atoms with Gasteiger partial charge in [-0.2, -0.15) is 0 Å². The molecule has 0 bridgehead atoms. The summed E-state index contributed by atoms with van der Waals surface area (Å²) in [7, 11) is 0. The van der Waals surface area contributed by atoms with Crippen molar-refractivity contribution in [3.05, 3.63) is 24.0 Å². The van der Waals surface area contributed by atoms with Gasteiger partial charge in [0.2, 0.25) is 0 Å². The van der Waals surface area contributed by atoms with Crippen LogP contribution >= 0.6 is 0 Å². The van der Waals surface area contributed by atoms with Crippen molar-refractivity contribution >= 4 is 5.91 Å². The molecule has 0 saturated heterocycles. The number of hydrogen-bond donors (Lipinski definition) is 2. The number of nitrogens with zero attached hydrogens (tertiary/aromatic N) is 1. The minimum atomic E-state index is -0.159. The Morgan fingerprint density at radius 3 is 2.72 bits per heavy atom. The number of carbonyl (C=O) groups excluding carboxylic acids is 1. The lowest BCUT2D eigenvalue weighted by Crippen LogP contribution is -2.34. The van der Waals surface area contributed by atoms with E-state index in [1.807, 2.05) is 0 Å². The minimum Gasteiger partial charge on any atom is -0.506 e. The second-order valence-electron chi connectivity index (χ2n) is 4.53. The quantitative estimate of drug-likeness (QED) is 0.782. The van der Waals surface area contributed by atoms with Crippen molar-refractivity contribution in [3.8, 4) is 5.75 Å². The Labute approximate surface area is 108 Å². The third-order valence-corrected chi connectivity index (χ3v) is 2.86. The van der Waals surface area contributed by atoms with Crippen molar-refractivity contribution in [3.63, 3.8) is 0 Å². The fraction of sp³-hybridized carbons (Fsp3) is 0.571. The molecule has 1 unspecified atom stereocenters. The molecule has 0 aliphatic carbocycles. The largest absolute Gasteiger partial charge is 0.506 e. The summed E-state index contributed by atoms with van der Waals surface area (Å²) in [5.41, 5.74) is 0.410. The van der Waals surface area contributed by atoms with Gasteiger partial charge in [-0.15, -0.1) is 0 Å². The van der Waals surface area contributed by atoms with Crippen molar-refractivity contribution < 1.29 is 9.90 Å². The van der Waals surface area contributed by atoms with Crippen LogP contribution in [0.25, 0.3) is 0 Å². The number of rotatable bonds is 7. The summed E-state index contributed by atoms with van der Waals surface area (Å²) in [5, 5.41) is 12.3. The predicted octanol–water partition coefficient (Wildman–Crippen LogP) is 2.88. The maximum Gasteiger partial charge on any atom is 0.253 e. The molecule has 100 valence electrons. The van der Waals surface area contributed by atoms with E-state index >= 15 is 0 Å². The first-order chi connectivity index (χ1) is 8.67. The second-order valence-corrected chi connectivity index (χ2v) is 4.53. The molecule has 2 N–H and O–H groups in total. The van der Waals surface area contributed by atoms with E-state index in [0.717, 1.165) is 32.1 Å². The number of aromatic nitrogens is 1. The lowest BCUT2D eigenvalue weighted by molar-refractivity contribution is 0.0931. The highest BCUT2D eigenvalue weighted by molar-refractivity contribution is 5.94. The van der Waals surface area contributed by atoms with E-state index in [-0.39, 0.29) is 17.7 Å². The second kappa shape index (κ2) is 7.69. The summed E-state index contributed by atoms with van der Waals surface area (Å²) < 4.78 is 0.